The van der Waals surface area contributed by atoms with E-state index in [9.17, 15) is 9.18 Å². The molecule has 3 N–H and O–H groups in total. The van der Waals surface area contributed by atoms with Crippen molar-refractivity contribution >= 4 is 11.6 Å². The lowest BCUT2D eigenvalue weighted by molar-refractivity contribution is -0.117. The Labute approximate surface area is 106 Å². The van der Waals surface area contributed by atoms with E-state index in [1.54, 1.807) is 12.1 Å². The number of likely N-dealkylation sites (tertiary alicyclic amines) is 1. The molecule has 0 spiro atoms. The summed E-state index contributed by atoms with van der Waals surface area (Å²) in [5.41, 5.74) is 6.34. The number of benzene rings is 1. The van der Waals surface area contributed by atoms with Crippen LogP contribution in [0, 0.1) is 5.82 Å². The van der Waals surface area contributed by atoms with Crippen LogP contribution in [0.1, 0.15) is 12.8 Å². The van der Waals surface area contributed by atoms with E-state index in [0.717, 1.165) is 25.9 Å². The highest BCUT2D eigenvalue weighted by atomic mass is 19.1. The van der Waals surface area contributed by atoms with Crippen molar-refractivity contribution in [3.63, 3.8) is 0 Å². The molecule has 1 heterocycles. The van der Waals surface area contributed by atoms with Crippen molar-refractivity contribution < 1.29 is 9.18 Å². The minimum atomic E-state index is -0.354. The van der Waals surface area contributed by atoms with Gasteiger partial charge in [0.05, 0.1) is 6.54 Å². The number of nitrogens with one attached hydrogen (secondary N) is 1. The second-order valence-electron chi connectivity index (χ2n) is 4.70. The molecular weight excluding hydrogens is 233 g/mol. The van der Waals surface area contributed by atoms with Gasteiger partial charge in [-0.15, -0.1) is 0 Å². The monoisotopic (exact) mass is 251 g/mol. The summed E-state index contributed by atoms with van der Waals surface area (Å²) in [4.78, 5) is 13.8. The molecular formula is C13H18FN3O. The quantitative estimate of drug-likeness (QED) is 0.848. The van der Waals surface area contributed by atoms with Gasteiger partial charge in [0.15, 0.2) is 0 Å². The van der Waals surface area contributed by atoms with E-state index in [1.807, 2.05) is 4.90 Å². The van der Waals surface area contributed by atoms with E-state index in [4.69, 9.17) is 5.73 Å². The molecule has 1 aliphatic heterocycles. The van der Waals surface area contributed by atoms with Crippen LogP contribution in [0.2, 0.25) is 0 Å². The van der Waals surface area contributed by atoms with E-state index >= 15 is 0 Å². The maximum Gasteiger partial charge on any atom is 0.238 e. The average Bonchev–Trinajstić information content (AvgIpc) is 2.28. The third kappa shape index (κ3) is 3.78. The van der Waals surface area contributed by atoms with Gasteiger partial charge >= 0.3 is 0 Å². The third-order valence-electron chi connectivity index (χ3n) is 3.02. The minimum absolute atomic E-state index is 0.130. The molecule has 4 nitrogen and oxygen atoms in total. The van der Waals surface area contributed by atoms with Gasteiger partial charge < -0.3 is 11.1 Å². The molecule has 1 saturated heterocycles. The van der Waals surface area contributed by atoms with Gasteiger partial charge in [0.1, 0.15) is 5.82 Å². The SMILES string of the molecule is N[C@H]1CCCN(CC(=O)Nc2cccc(F)c2)C1. The van der Waals surface area contributed by atoms with E-state index in [0.29, 0.717) is 12.2 Å². The molecule has 2 rings (SSSR count). The van der Waals surface area contributed by atoms with Gasteiger partial charge in [-0.2, -0.15) is 0 Å². The molecule has 1 atom stereocenters. The number of amides is 1. The molecule has 0 bridgehead atoms. The van der Waals surface area contributed by atoms with Crippen LogP contribution >= 0.6 is 0 Å². The van der Waals surface area contributed by atoms with Gasteiger partial charge in [-0.25, -0.2) is 4.39 Å². The summed E-state index contributed by atoms with van der Waals surface area (Å²) in [5, 5.41) is 2.68. The summed E-state index contributed by atoms with van der Waals surface area (Å²) in [6.07, 6.45) is 2.04. The second-order valence-corrected chi connectivity index (χ2v) is 4.70. The Morgan fingerprint density at radius 2 is 2.39 bits per heavy atom. The number of piperidine rings is 1. The lowest BCUT2D eigenvalue weighted by Crippen LogP contribution is -2.45. The van der Waals surface area contributed by atoms with Crippen molar-refractivity contribution in [2.45, 2.75) is 18.9 Å². The number of hydrogen-bond donors (Lipinski definition) is 2. The predicted molar refractivity (Wildman–Crippen MR) is 68.7 cm³/mol. The van der Waals surface area contributed by atoms with Crippen LogP contribution in [0.4, 0.5) is 10.1 Å². The number of anilines is 1. The fourth-order valence-electron chi connectivity index (χ4n) is 2.20. The first-order chi connectivity index (χ1) is 8.63. The average molecular weight is 251 g/mol. The van der Waals surface area contributed by atoms with E-state index in [-0.39, 0.29) is 17.8 Å². The van der Waals surface area contributed by atoms with Gasteiger partial charge in [-0.3, -0.25) is 9.69 Å². The lowest BCUT2D eigenvalue weighted by Gasteiger charge is -2.29. The number of hydrogen-bond acceptors (Lipinski definition) is 3. The van der Waals surface area contributed by atoms with Crippen molar-refractivity contribution in [2.24, 2.45) is 5.73 Å². The predicted octanol–water partition coefficient (Wildman–Crippen LogP) is 1.19. The molecule has 5 heteroatoms. The number of nitrogens with zero attached hydrogens (tertiary/aromatic N) is 1. The molecule has 0 aromatic heterocycles. The van der Waals surface area contributed by atoms with Crippen molar-refractivity contribution in [2.75, 3.05) is 25.0 Å². The number of halogens is 1. The van der Waals surface area contributed by atoms with Crippen molar-refractivity contribution in [3.8, 4) is 0 Å². The van der Waals surface area contributed by atoms with Crippen LogP contribution in [-0.2, 0) is 4.79 Å². The summed E-state index contributed by atoms with van der Waals surface area (Å²) in [6.45, 7) is 1.95. The van der Waals surface area contributed by atoms with Crippen LogP contribution in [0.3, 0.4) is 0 Å². The molecule has 0 unspecified atom stereocenters. The first-order valence-corrected chi connectivity index (χ1v) is 6.17. The largest absolute Gasteiger partial charge is 0.327 e. The van der Waals surface area contributed by atoms with Gasteiger partial charge in [0, 0.05) is 18.3 Å². The molecule has 1 amide bonds. The van der Waals surface area contributed by atoms with Crippen LogP contribution in [-0.4, -0.2) is 36.5 Å². The molecule has 1 fully saturated rings. The second kappa shape index (κ2) is 5.93. The molecule has 1 aromatic rings. The number of rotatable bonds is 3. The first kappa shape index (κ1) is 13.0. The van der Waals surface area contributed by atoms with Crippen LogP contribution < -0.4 is 11.1 Å². The standard InChI is InChI=1S/C13H18FN3O/c14-10-3-1-5-12(7-10)16-13(18)9-17-6-2-4-11(15)8-17/h1,3,5,7,11H,2,4,6,8-9,15H2,(H,16,18)/t11-/m0/s1. The Hall–Kier alpha value is -1.46. The van der Waals surface area contributed by atoms with Gasteiger partial charge in [0.25, 0.3) is 0 Å². The van der Waals surface area contributed by atoms with Crippen LogP contribution in [0.5, 0.6) is 0 Å². The van der Waals surface area contributed by atoms with Crippen molar-refractivity contribution in [1.29, 1.82) is 0 Å². The summed E-state index contributed by atoms with van der Waals surface area (Å²) < 4.78 is 12.9. The molecule has 0 radical (unpaired) electrons. The normalized spacial score (nSPS) is 20.7. The molecule has 1 aliphatic rings. The lowest BCUT2D eigenvalue weighted by atomic mass is 10.1. The first-order valence-electron chi connectivity index (χ1n) is 6.17. The maximum absolute atomic E-state index is 12.9. The number of nitrogens with two attached hydrogens (primary N) is 1. The summed E-state index contributed by atoms with van der Waals surface area (Å²) in [6, 6.07) is 6.05. The molecule has 0 saturated carbocycles. The highest BCUT2D eigenvalue weighted by Crippen LogP contribution is 2.10. The van der Waals surface area contributed by atoms with E-state index in [2.05, 4.69) is 5.32 Å². The highest BCUT2D eigenvalue weighted by Gasteiger charge is 2.18. The summed E-state index contributed by atoms with van der Waals surface area (Å²) >= 11 is 0. The van der Waals surface area contributed by atoms with Crippen LogP contribution in [0.25, 0.3) is 0 Å². The highest BCUT2D eigenvalue weighted by molar-refractivity contribution is 5.92. The zero-order valence-corrected chi connectivity index (χ0v) is 10.2. The minimum Gasteiger partial charge on any atom is -0.327 e. The van der Waals surface area contributed by atoms with Gasteiger partial charge in [-0.1, -0.05) is 6.07 Å². The number of carbonyl (C=O) groups excluding carboxylic acids is 1. The van der Waals surface area contributed by atoms with E-state index in [1.165, 1.54) is 12.1 Å². The zero-order valence-electron chi connectivity index (χ0n) is 10.2. The molecule has 0 aliphatic carbocycles. The Bertz CT molecular complexity index is 424. The maximum atomic E-state index is 12.9. The Morgan fingerprint density at radius 1 is 1.56 bits per heavy atom. The fraction of sp³-hybridized carbons (Fsp3) is 0.462. The summed E-state index contributed by atoms with van der Waals surface area (Å²) in [5.74, 6) is -0.484. The Morgan fingerprint density at radius 3 is 3.11 bits per heavy atom. The third-order valence-corrected chi connectivity index (χ3v) is 3.02. The molecule has 1 aromatic carbocycles. The Kier molecular flexibility index (Phi) is 4.28. The smallest absolute Gasteiger partial charge is 0.238 e. The van der Waals surface area contributed by atoms with E-state index < -0.39 is 0 Å². The van der Waals surface area contributed by atoms with Gasteiger partial charge in [-0.05, 0) is 37.6 Å². The summed E-state index contributed by atoms with van der Waals surface area (Å²) in [7, 11) is 0. The van der Waals surface area contributed by atoms with Crippen molar-refractivity contribution in [1.82, 2.24) is 4.90 Å². The topological polar surface area (TPSA) is 58.4 Å². The van der Waals surface area contributed by atoms with Gasteiger partial charge in [0.2, 0.25) is 5.91 Å². The molecule has 98 valence electrons. The number of carbonyl (C=O) groups is 1. The fourth-order valence-corrected chi connectivity index (χ4v) is 2.20. The zero-order chi connectivity index (χ0) is 13.0. The van der Waals surface area contributed by atoms with Crippen molar-refractivity contribution in [3.05, 3.63) is 30.1 Å². The molecule has 18 heavy (non-hydrogen) atoms. The van der Waals surface area contributed by atoms with Crippen LogP contribution in [0.15, 0.2) is 24.3 Å². The Balaban J connectivity index is 1.85.